The zero-order chi connectivity index (χ0) is 15.5. The minimum atomic E-state index is -1.40. The summed E-state index contributed by atoms with van der Waals surface area (Å²) in [4.78, 5) is 0. The fourth-order valence-electron chi connectivity index (χ4n) is 2.74. The second-order valence-corrected chi connectivity index (χ2v) is 6.71. The third kappa shape index (κ3) is 4.51. The molecule has 1 nitrogen and oxygen atoms in total. The molecule has 4 heteroatoms. The van der Waals surface area contributed by atoms with E-state index in [1.807, 2.05) is 0 Å². The van der Waals surface area contributed by atoms with E-state index in [0.29, 0.717) is 12.3 Å². The van der Waals surface area contributed by atoms with Crippen LogP contribution in [0.5, 0.6) is 0 Å². The van der Waals surface area contributed by atoms with Crippen LogP contribution in [-0.2, 0) is 0 Å². The van der Waals surface area contributed by atoms with E-state index >= 15 is 0 Å². The SMILES string of the molecule is CNC(CC(C)CC(C)(C)C)c1ccc(F)c(F)c1F. The van der Waals surface area contributed by atoms with E-state index in [2.05, 4.69) is 33.0 Å². The van der Waals surface area contributed by atoms with Gasteiger partial charge in [-0.3, -0.25) is 0 Å². The molecule has 0 bridgehead atoms. The summed E-state index contributed by atoms with van der Waals surface area (Å²) in [5.74, 6) is -3.29. The largest absolute Gasteiger partial charge is 0.313 e. The number of halogens is 3. The van der Waals surface area contributed by atoms with Crippen LogP contribution in [0.3, 0.4) is 0 Å². The van der Waals surface area contributed by atoms with Crippen LogP contribution in [-0.4, -0.2) is 7.05 Å². The third-order valence-corrected chi connectivity index (χ3v) is 3.39. The molecule has 2 atom stereocenters. The van der Waals surface area contributed by atoms with Gasteiger partial charge in [-0.1, -0.05) is 33.8 Å². The average Bonchev–Trinajstić information content (AvgIpc) is 2.32. The predicted octanol–water partition coefficient (Wildman–Crippen LogP) is 4.83. The molecule has 114 valence electrons. The number of hydrogen-bond acceptors (Lipinski definition) is 1. The minimum Gasteiger partial charge on any atom is -0.313 e. The Balaban J connectivity index is 2.89. The molecule has 20 heavy (non-hydrogen) atoms. The highest BCUT2D eigenvalue weighted by Crippen LogP contribution is 2.31. The number of hydrogen-bond donors (Lipinski definition) is 1. The van der Waals surface area contributed by atoms with Gasteiger partial charge in [0.05, 0.1) is 0 Å². The smallest absolute Gasteiger partial charge is 0.194 e. The second kappa shape index (κ2) is 6.61. The van der Waals surface area contributed by atoms with E-state index in [9.17, 15) is 13.2 Å². The van der Waals surface area contributed by atoms with Gasteiger partial charge in [-0.2, -0.15) is 0 Å². The summed E-state index contributed by atoms with van der Waals surface area (Å²) < 4.78 is 40.1. The molecule has 0 amide bonds. The predicted molar refractivity (Wildman–Crippen MR) is 76.0 cm³/mol. The number of rotatable bonds is 5. The summed E-state index contributed by atoms with van der Waals surface area (Å²) in [6, 6.07) is 1.98. The van der Waals surface area contributed by atoms with Crippen LogP contribution in [0.4, 0.5) is 13.2 Å². The first-order valence-electron chi connectivity index (χ1n) is 6.96. The van der Waals surface area contributed by atoms with Gasteiger partial charge in [-0.05, 0) is 37.3 Å². The minimum absolute atomic E-state index is 0.185. The van der Waals surface area contributed by atoms with E-state index in [1.165, 1.54) is 6.07 Å². The Morgan fingerprint density at radius 1 is 1.10 bits per heavy atom. The van der Waals surface area contributed by atoms with Crippen molar-refractivity contribution < 1.29 is 13.2 Å². The van der Waals surface area contributed by atoms with Gasteiger partial charge in [0.1, 0.15) is 0 Å². The van der Waals surface area contributed by atoms with Crippen LogP contribution in [0.2, 0.25) is 0 Å². The van der Waals surface area contributed by atoms with Crippen molar-refractivity contribution in [3.63, 3.8) is 0 Å². The normalized spacial score (nSPS) is 15.2. The average molecular weight is 287 g/mol. The molecule has 0 saturated carbocycles. The van der Waals surface area contributed by atoms with Gasteiger partial charge in [0.2, 0.25) is 0 Å². The van der Waals surface area contributed by atoms with Crippen molar-refractivity contribution in [2.45, 2.75) is 46.6 Å². The highest BCUT2D eigenvalue weighted by atomic mass is 19.2. The summed E-state index contributed by atoms with van der Waals surface area (Å²) in [5, 5.41) is 2.99. The van der Waals surface area contributed by atoms with Gasteiger partial charge in [0, 0.05) is 11.6 Å². The van der Waals surface area contributed by atoms with Gasteiger partial charge in [0.25, 0.3) is 0 Å². The fourth-order valence-corrected chi connectivity index (χ4v) is 2.74. The van der Waals surface area contributed by atoms with Crippen LogP contribution in [0.15, 0.2) is 12.1 Å². The van der Waals surface area contributed by atoms with Crippen molar-refractivity contribution in [1.29, 1.82) is 0 Å². The molecule has 0 fully saturated rings. The first-order chi connectivity index (χ1) is 9.15. The van der Waals surface area contributed by atoms with E-state index in [0.717, 1.165) is 12.5 Å². The van der Waals surface area contributed by atoms with Crippen LogP contribution >= 0.6 is 0 Å². The van der Waals surface area contributed by atoms with Crippen molar-refractivity contribution in [1.82, 2.24) is 5.32 Å². The molecular weight excluding hydrogens is 263 g/mol. The zero-order valence-corrected chi connectivity index (χ0v) is 12.9. The molecule has 0 aliphatic rings. The molecule has 0 spiro atoms. The maximum Gasteiger partial charge on any atom is 0.194 e. The zero-order valence-electron chi connectivity index (χ0n) is 12.9. The standard InChI is InChI=1S/C16H24F3N/c1-10(9-16(2,3)4)8-13(20-5)11-6-7-12(17)15(19)14(11)18/h6-7,10,13,20H,8-9H2,1-5H3. The first-order valence-corrected chi connectivity index (χ1v) is 6.96. The summed E-state index contributed by atoms with van der Waals surface area (Å²) in [5.41, 5.74) is 0.372. The highest BCUT2D eigenvalue weighted by Gasteiger charge is 2.23. The molecule has 1 aromatic carbocycles. The molecule has 1 N–H and O–H groups in total. The van der Waals surface area contributed by atoms with Gasteiger partial charge in [-0.25, -0.2) is 13.2 Å². The Bertz CT molecular complexity index is 452. The maximum atomic E-state index is 13.8. The molecule has 0 heterocycles. The Morgan fingerprint density at radius 2 is 1.70 bits per heavy atom. The number of nitrogens with one attached hydrogen (secondary N) is 1. The molecule has 2 unspecified atom stereocenters. The van der Waals surface area contributed by atoms with Crippen molar-refractivity contribution in [3.8, 4) is 0 Å². The highest BCUT2D eigenvalue weighted by molar-refractivity contribution is 5.23. The lowest BCUT2D eigenvalue weighted by atomic mass is 9.82. The van der Waals surface area contributed by atoms with Crippen molar-refractivity contribution in [2.75, 3.05) is 7.05 Å². The lowest BCUT2D eigenvalue weighted by molar-refractivity contribution is 0.276. The Hall–Kier alpha value is -1.03. The molecule has 0 aliphatic carbocycles. The van der Waals surface area contributed by atoms with Crippen LogP contribution in [0.1, 0.15) is 52.1 Å². The van der Waals surface area contributed by atoms with Crippen molar-refractivity contribution in [2.24, 2.45) is 11.3 Å². The molecule has 1 rings (SSSR count). The lowest BCUT2D eigenvalue weighted by Gasteiger charge is -2.27. The van der Waals surface area contributed by atoms with E-state index in [-0.39, 0.29) is 17.0 Å². The topological polar surface area (TPSA) is 12.0 Å². The van der Waals surface area contributed by atoms with E-state index < -0.39 is 17.5 Å². The third-order valence-electron chi connectivity index (χ3n) is 3.39. The van der Waals surface area contributed by atoms with Crippen LogP contribution in [0.25, 0.3) is 0 Å². The van der Waals surface area contributed by atoms with Gasteiger partial charge >= 0.3 is 0 Å². The monoisotopic (exact) mass is 287 g/mol. The summed E-state index contributed by atoms with van der Waals surface area (Å²) in [6.45, 7) is 8.54. The molecule has 0 radical (unpaired) electrons. The van der Waals surface area contributed by atoms with E-state index in [4.69, 9.17) is 0 Å². The maximum absolute atomic E-state index is 13.8. The Kier molecular flexibility index (Phi) is 5.63. The van der Waals surface area contributed by atoms with Crippen LogP contribution in [0, 0.1) is 28.8 Å². The summed E-state index contributed by atoms with van der Waals surface area (Å²) >= 11 is 0. The molecule has 0 saturated heterocycles. The molecule has 1 aromatic rings. The lowest BCUT2D eigenvalue weighted by Crippen LogP contribution is -2.22. The second-order valence-electron chi connectivity index (χ2n) is 6.71. The first kappa shape index (κ1) is 17.0. The van der Waals surface area contributed by atoms with Crippen molar-refractivity contribution in [3.05, 3.63) is 35.1 Å². The van der Waals surface area contributed by atoms with Gasteiger partial charge in [0.15, 0.2) is 17.5 Å². The molecule has 0 aliphatic heterocycles. The number of benzene rings is 1. The Morgan fingerprint density at radius 3 is 2.20 bits per heavy atom. The van der Waals surface area contributed by atoms with Crippen molar-refractivity contribution >= 4 is 0 Å². The molecular formula is C16H24F3N. The van der Waals surface area contributed by atoms with E-state index in [1.54, 1.807) is 7.05 Å². The van der Waals surface area contributed by atoms with Gasteiger partial charge < -0.3 is 5.32 Å². The quantitative estimate of drug-likeness (QED) is 0.765. The molecule has 0 aromatic heterocycles. The van der Waals surface area contributed by atoms with Gasteiger partial charge in [-0.15, -0.1) is 0 Å². The fraction of sp³-hybridized carbons (Fsp3) is 0.625. The summed E-state index contributed by atoms with van der Waals surface area (Å²) in [6.07, 6.45) is 1.66. The van der Waals surface area contributed by atoms with Crippen LogP contribution < -0.4 is 5.32 Å². The Labute approximate surface area is 119 Å². The summed E-state index contributed by atoms with van der Waals surface area (Å²) in [7, 11) is 1.70.